The van der Waals surface area contributed by atoms with E-state index in [-0.39, 0.29) is 11.3 Å². The maximum Gasteiger partial charge on any atom is 0.341 e. The molecule has 1 N–H and O–H groups in total. The number of rotatable bonds is 7. The third-order valence-corrected chi connectivity index (χ3v) is 7.64. The van der Waals surface area contributed by atoms with Gasteiger partial charge in [-0.1, -0.05) is 20.8 Å². The van der Waals surface area contributed by atoms with Gasteiger partial charge in [0.15, 0.2) is 0 Å². The van der Waals surface area contributed by atoms with E-state index in [9.17, 15) is 9.59 Å². The Labute approximate surface area is 201 Å². The van der Waals surface area contributed by atoms with Gasteiger partial charge in [-0.3, -0.25) is 4.79 Å². The number of hydrogen-bond donors (Lipinski definition) is 1. The fraction of sp³-hybridized carbons (Fsp3) is 0.500. The Kier molecular flexibility index (Phi) is 8.01. The van der Waals surface area contributed by atoms with Crippen molar-refractivity contribution in [2.24, 2.45) is 11.3 Å². The lowest BCUT2D eigenvalue weighted by Gasteiger charge is -2.33. The second-order valence-electron chi connectivity index (χ2n) is 8.95. The van der Waals surface area contributed by atoms with Gasteiger partial charge in [-0.2, -0.15) is 0 Å². The summed E-state index contributed by atoms with van der Waals surface area (Å²) in [5.74, 6) is 0.471. The molecule has 0 bridgehead atoms. The minimum atomic E-state index is -0.407. The molecule has 0 saturated heterocycles. The Morgan fingerprint density at radius 2 is 1.97 bits per heavy atom. The van der Waals surface area contributed by atoms with Gasteiger partial charge < -0.3 is 19.5 Å². The lowest BCUT2D eigenvalue weighted by molar-refractivity contribution is 0.0600. The van der Waals surface area contributed by atoms with E-state index in [0.29, 0.717) is 45.5 Å². The normalized spacial score (nSPS) is 15.8. The molecule has 1 aliphatic carbocycles. The van der Waals surface area contributed by atoms with E-state index >= 15 is 0 Å². The van der Waals surface area contributed by atoms with Crippen molar-refractivity contribution in [2.45, 2.75) is 40.0 Å². The lowest BCUT2D eigenvalue weighted by atomic mass is 9.72. The Balaban J connectivity index is 1.84. The van der Waals surface area contributed by atoms with Crippen LogP contribution in [0.4, 0.5) is 5.00 Å². The van der Waals surface area contributed by atoms with Gasteiger partial charge in [-0.15, -0.1) is 11.3 Å². The number of hydrogen-bond acceptors (Lipinski definition) is 6. The van der Waals surface area contributed by atoms with E-state index in [0.717, 1.165) is 29.7 Å². The fourth-order valence-electron chi connectivity index (χ4n) is 3.90. The number of ether oxygens (including phenoxy) is 3. The van der Waals surface area contributed by atoms with Gasteiger partial charge in [0.05, 0.1) is 23.8 Å². The van der Waals surface area contributed by atoms with Crippen LogP contribution in [-0.2, 0) is 22.3 Å². The average molecular weight is 524 g/mol. The molecule has 1 aromatic carbocycles. The topological polar surface area (TPSA) is 73.9 Å². The van der Waals surface area contributed by atoms with Crippen LogP contribution in [0.1, 0.15) is 58.3 Å². The first-order valence-electron chi connectivity index (χ1n) is 10.6. The first kappa shape index (κ1) is 24.7. The van der Waals surface area contributed by atoms with Gasteiger partial charge in [0.2, 0.25) is 0 Å². The van der Waals surface area contributed by atoms with E-state index in [1.165, 1.54) is 18.4 Å². The average Bonchev–Trinajstić information content (AvgIpc) is 3.10. The predicted molar refractivity (Wildman–Crippen MR) is 130 cm³/mol. The summed E-state index contributed by atoms with van der Waals surface area (Å²) in [6.45, 7) is 7.64. The predicted octanol–water partition coefficient (Wildman–Crippen LogP) is 5.73. The van der Waals surface area contributed by atoms with E-state index < -0.39 is 5.97 Å². The summed E-state index contributed by atoms with van der Waals surface area (Å²) in [5.41, 5.74) is 2.16. The van der Waals surface area contributed by atoms with Gasteiger partial charge in [0, 0.05) is 17.6 Å². The van der Waals surface area contributed by atoms with Gasteiger partial charge in [0.1, 0.15) is 17.4 Å². The summed E-state index contributed by atoms with van der Waals surface area (Å²) in [6.07, 6.45) is 2.73. The van der Waals surface area contributed by atoms with Crippen LogP contribution in [0.25, 0.3) is 0 Å². The molecule has 174 valence electrons. The second-order valence-corrected chi connectivity index (χ2v) is 10.9. The SMILES string of the molecule is COCCOc1ccc(C(=O)Nc2sc3c(c2C(=O)OC)CCC(C(C)(C)C)C3)cc1Br. The van der Waals surface area contributed by atoms with Crippen LogP contribution < -0.4 is 10.1 Å². The molecule has 1 unspecified atom stereocenters. The zero-order chi connectivity index (χ0) is 23.5. The van der Waals surface area contributed by atoms with Crippen LogP contribution in [0.2, 0.25) is 0 Å². The number of halogens is 1. The summed E-state index contributed by atoms with van der Waals surface area (Å²) in [4.78, 5) is 26.7. The van der Waals surface area contributed by atoms with Crippen LogP contribution in [-0.4, -0.2) is 39.3 Å². The van der Waals surface area contributed by atoms with Crippen molar-refractivity contribution >= 4 is 44.1 Å². The Morgan fingerprint density at radius 1 is 1.22 bits per heavy atom. The zero-order valence-corrected chi connectivity index (χ0v) is 21.6. The molecule has 1 heterocycles. The van der Waals surface area contributed by atoms with Crippen molar-refractivity contribution in [3.8, 4) is 5.75 Å². The third kappa shape index (κ3) is 5.53. The van der Waals surface area contributed by atoms with Crippen molar-refractivity contribution < 1.29 is 23.8 Å². The van der Waals surface area contributed by atoms with E-state index in [1.54, 1.807) is 25.3 Å². The molecule has 0 fully saturated rings. The van der Waals surface area contributed by atoms with Crippen molar-refractivity contribution in [3.05, 3.63) is 44.2 Å². The molecule has 3 rings (SSSR count). The van der Waals surface area contributed by atoms with Crippen LogP contribution in [0, 0.1) is 11.3 Å². The monoisotopic (exact) mass is 523 g/mol. The molecule has 32 heavy (non-hydrogen) atoms. The first-order valence-corrected chi connectivity index (χ1v) is 12.2. The summed E-state index contributed by atoms with van der Waals surface area (Å²) >= 11 is 4.94. The van der Waals surface area contributed by atoms with Gasteiger partial charge >= 0.3 is 5.97 Å². The number of thiophene rings is 1. The highest BCUT2D eigenvalue weighted by Crippen LogP contribution is 2.44. The first-order chi connectivity index (χ1) is 15.2. The molecule has 1 aromatic heterocycles. The highest BCUT2D eigenvalue weighted by molar-refractivity contribution is 9.10. The smallest absolute Gasteiger partial charge is 0.341 e. The maximum atomic E-state index is 13.0. The fourth-order valence-corrected chi connectivity index (χ4v) is 5.70. The molecule has 2 aromatic rings. The highest BCUT2D eigenvalue weighted by Gasteiger charge is 2.34. The standard InChI is InChI=1S/C24H30BrNO5S/c1-24(2,3)15-7-8-16-19(13-15)32-22(20(16)23(28)30-5)26-21(27)14-6-9-18(17(25)12-14)31-11-10-29-4/h6,9,12,15H,7-8,10-11,13H2,1-5H3,(H,26,27). The van der Waals surface area contributed by atoms with E-state index in [4.69, 9.17) is 14.2 Å². The number of esters is 1. The van der Waals surface area contributed by atoms with Gasteiger partial charge in [0.25, 0.3) is 5.91 Å². The number of nitrogens with one attached hydrogen (secondary N) is 1. The van der Waals surface area contributed by atoms with Crippen LogP contribution in [0.3, 0.4) is 0 Å². The molecule has 0 spiro atoms. The van der Waals surface area contributed by atoms with E-state index in [2.05, 4.69) is 42.0 Å². The molecular weight excluding hydrogens is 494 g/mol. The number of methoxy groups -OCH3 is 2. The molecular formula is C24H30BrNO5S. The van der Waals surface area contributed by atoms with Crippen molar-refractivity contribution in [1.29, 1.82) is 0 Å². The summed E-state index contributed by atoms with van der Waals surface area (Å²) in [6, 6.07) is 5.14. The molecule has 1 amide bonds. The molecule has 6 nitrogen and oxygen atoms in total. The van der Waals surface area contributed by atoms with Gasteiger partial charge in [-0.25, -0.2) is 4.79 Å². The summed E-state index contributed by atoms with van der Waals surface area (Å²) in [5, 5.41) is 3.50. The lowest BCUT2D eigenvalue weighted by Crippen LogP contribution is -2.26. The number of carbonyl (C=O) groups is 2. The quantitative estimate of drug-likeness (QED) is 0.370. The van der Waals surface area contributed by atoms with Crippen LogP contribution in [0.15, 0.2) is 22.7 Å². The molecule has 8 heteroatoms. The minimum Gasteiger partial charge on any atom is -0.490 e. The Morgan fingerprint density at radius 3 is 2.59 bits per heavy atom. The van der Waals surface area contributed by atoms with Crippen molar-refractivity contribution in [1.82, 2.24) is 0 Å². The molecule has 0 radical (unpaired) electrons. The van der Waals surface area contributed by atoms with Crippen LogP contribution >= 0.6 is 27.3 Å². The number of benzene rings is 1. The number of fused-ring (bicyclic) bond motifs is 1. The number of amides is 1. The molecule has 0 saturated carbocycles. The number of carbonyl (C=O) groups excluding carboxylic acids is 2. The molecule has 1 aliphatic rings. The highest BCUT2D eigenvalue weighted by atomic mass is 79.9. The summed E-state index contributed by atoms with van der Waals surface area (Å²) < 4.78 is 16.3. The van der Waals surface area contributed by atoms with Crippen LogP contribution in [0.5, 0.6) is 5.75 Å². The minimum absolute atomic E-state index is 0.190. The Hall–Kier alpha value is -1.90. The van der Waals surface area contributed by atoms with Crippen molar-refractivity contribution in [3.63, 3.8) is 0 Å². The molecule has 0 aliphatic heterocycles. The second kappa shape index (κ2) is 10.4. The molecule has 1 atom stereocenters. The summed E-state index contributed by atoms with van der Waals surface area (Å²) in [7, 11) is 2.98. The van der Waals surface area contributed by atoms with E-state index in [1.807, 2.05) is 0 Å². The Bertz CT molecular complexity index is 995. The third-order valence-electron chi connectivity index (χ3n) is 5.85. The van der Waals surface area contributed by atoms with Gasteiger partial charge in [-0.05, 0) is 70.3 Å². The number of anilines is 1. The zero-order valence-electron chi connectivity index (χ0n) is 19.2. The van der Waals surface area contributed by atoms with Crippen molar-refractivity contribution in [2.75, 3.05) is 32.8 Å². The largest absolute Gasteiger partial charge is 0.490 e. The maximum absolute atomic E-state index is 13.0.